The van der Waals surface area contributed by atoms with E-state index in [0.717, 1.165) is 23.4 Å². The lowest BCUT2D eigenvalue weighted by Crippen LogP contribution is -2.31. The van der Waals surface area contributed by atoms with Gasteiger partial charge >= 0.3 is 6.03 Å². The van der Waals surface area contributed by atoms with Crippen molar-refractivity contribution in [3.63, 3.8) is 0 Å². The normalized spacial score (nSPS) is 13.6. The first-order valence-electron chi connectivity index (χ1n) is 10.8. The predicted octanol–water partition coefficient (Wildman–Crippen LogP) is 2.96. The molecule has 9 nitrogen and oxygen atoms in total. The average Bonchev–Trinajstić information content (AvgIpc) is 3.38. The number of aromatic amines is 1. The number of nitrogens with two attached hydrogens (primary N) is 1. The summed E-state index contributed by atoms with van der Waals surface area (Å²) in [6.45, 7) is 1.36. The number of carbonyl (C=O) groups is 3. The van der Waals surface area contributed by atoms with Crippen molar-refractivity contribution < 1.29 is 14.4 Å². The number of primary amides is 1. The van der Waals surface area contributed by atoms with Crippen LogP contribution < -0.4 is 21.7 Å². The van der Waals surface area contributed by atoms with Crippen LogP contribution in [0.3, 0.4) is 0 Å². The summed E-state index contributed by atoms with van der Waals surface area (Å²) >= 11 is 0. The minimum absolute atomic E-state index is 0.107. The zero-order valence-corrected chi connectivity index (χ0v) is 18.9. The second-order valence-corrected chi connectivity index (χ2v) is 8.24. The van der Waals surface area contributed by atoms with Gasteiger partial charge in [-0.3, -0.25) is 9.59 Å². The first kappa shape index (κ1) is 22.8. The minimum Gasteiger partial charge on any atom is -0.361 e. The van der Waals surface area contributed by atoms with Gasteiger partial charge in [0.15, 0.2) is 0 Å². The molecule has 174 valence electrons. The molecule has 0 aliphatic carbocycles. The van der Waals surface area contributed by atoms with Crippen LogP contribution in [0.25, 0.3) is 22.8 Å². The SMILES string of the molecule is CN(C)CCNC(=O)c1ccc(-c2c[nH]c(C=C3C(=O)Nc4ccc(NC(N)=O)cc43)c2)cc1. The number of likely N-dealkylation sites (N-methyl/N-ethyl adjacent to an activating group) is 1. The highest BCUT2D eigenvalue weighted by Gasteiger charge is 2.24. The maximum absolute atomic E-state index is 12.5. The molecule has 34 heavy (non-hydrogen) atoms. The van der Waals surface area contributed by atoms with Gasteiger partial charge in [0, 0.05) is 47.5 Å². The van der Waals surface area contributed by atoms with E-state index in [1.165, 1.54) is 0 Å². The molecule has 2 aromatic carbocycles. The highest BCUT2D eigenvalue weighted by atomic mass is 16.2. The molecule has 3 aromatic rings. The Morgan fingerprint density at radius 3 is 2.53 bits per heavy atom. The van der Waals surface area contributed by atoms with Crippen molar-refractivity contribution in [2.45, 2.75) is 0 Å². The third kappa shape index (κ3) is 5.16. The van der Waals surface area contributed by atoms with E-state index < -0.39 is 6.03 Å². The number of hydrogen-bond acceptors (Lipinski definition) is 4. The number of benzene rings is 2. The van der Waals surface area contributed by atoms with E-state index in [4.69, 9.17) is 5.73 Å². The number of nitrogens with zero attached hydrogens (tertiary/aromatic N) is 1. The van der Waals surface area contributed by atoms with Crippen molar-refractivity contribution in [2.75, 3.05) is 37.8 Å². The van der Waals surface area contributed by atoms with Crippen LogP contribution in [0.1, 0.15) is 21.6 Å². The van der Waals surface area contributed by atoms with Gasteiger partial charge in [0.1, 0.15) is 0 Å². The molecule has 0 spiro atoms. The highest BCUT2D eigenvalue weighted by Crippen LogP contribution is 2.35. The Morgan fingerprint density at radius 2 is 1.82 bits per heavy atom. The second-order valence-electron chi connectivity index (χ2n) is 8.24. The zero-order chi connectivity index (χ0) is 24.2. The summed E-state index contributed by atoms with van der Waals surface area (Å²) in [7, 11) is 3.91. The van der Waals surface area contributed by atoms with Crippen molar-refractivity contribution in [1.82, 2.24) is 15.2 Å². The number of rotatable bonds is 7. The summed E-state index contributed by atoms with van der Waals surface area (Å²) in [6.07, 6.45) is 3.60. The van der Waals surface area contributed by atoms with Crippen LogP contribution in [0, 0.1) is 0 Å². The average molecular weight is 459 g/mol. The van der Waals surface area contributed by atoms with E-state index in [0.29, 0.717) is 34.6 Å². The topological polar surface area (TPSA) is 132 Å². The molecule has 0 unspecified atom stereocenters. The van der Waals surface area contributed by atoms with Crippen LogP contribution in [-0.2, 0) is 4.79 Å². The van der Waals surface area contributed by atoms with Crippen LogP contribution in [0.15, 0.2) is 54.7 Å². The minimum atomic E-state index is -0.672. The Bertz CT molecular complexity index is 1270. The molecule has 4 amide bonds. The van der Waals surface area contributed by atoms with Gasteiger partial charge in [0.05, 0.1) is 5.57 Å². The lowest BCUT2D eigenvalue weighted by atomic mass is 10.0. The van der Waals surface area contributed by atoms with Crippen molar-refractivity contribution in [2.24, 2.45) is 5.73 Å². The van der Waals surface area contributed by atoms with E-state index in [-0.39, 0.29) is 11.8 Å². The fourth-order valence-electron chi connectivity index (χ4n) is 3.68. The van der Waals surface area contributed by atoms with E-state index in [1.807, 2.05) is 43.4 Å². The number of hydrogen-bond donors (Lipinski definition) is 5. The predicted molar refractivity (Wildman–Crippen MR) is 133 cm³/mol. The van der Waals surface area contributed by atoms with Crippen molar-refractivity contribution in [3.05, 3.63) is 71.5 Å². The molecule has 0 saturated heterocycles. The Balaban J connectivity index is 1.51. The molecular formula is C25H26N6O3. The number of carbonyl (C=O) groups excluding carboxylic acids is 3. The number of nitrogens with one attached hydrogen (secondary N) is 4. The van der Waals surface area contributed by atoms with Gasteiger partial charge < -0.3 is 31.6 Å². The molecule has 4 rings (SSSR count). The summed E-state index contributed by atoms with van der Waals surface area (Å²) in [5.74, 6) is -0.337. The van der Waals surface area contributed by atoms with Crippen LogP contribution in [0.4, 0.5) is 16.2 Å². The van der Waals surface area contributed by atoms with E-state index in [9.17, 15) is 14.4 Å². The molecule has 0 atom stereocenters. The molecule has 2 heterocycles. The monoisotopic (exact) mass is 458 g/mol. The molecule has 0 radical (unpaired) electrons. The number of anilines is 2. The maximum atomic E-state index is 12.5. The molecular weight excluding hydrogens is 432 g/mol. The van der Waals surface area contributed by atoms with Crippen LogP contribution in [0.2, 0.25) is 0 Å². The van der Waals surface area contributed by atoms with Gasteiger partial charge in [0.25, 0.3) is 11.8 Å². The summed E-state index contributed by atoms with van der Waals surface area (Å²) in [5, 5.41) is 8.24. The lowest BCUT2D eigenvalue weighted by molar-refractivity contribution is -0.110. The van der Waals surface area contributed by atoms with Crippen molar-refractivity contribution in [3.8, 4) is 11.1 Å². The quantitative estimate of drug-likeness (QED) is 0.348. The van der Waals surface area contributed by atoms with Crippen molar-refractivity contribution >= 4 is 40.9 Å². The smallest absolute Gasteiger partial charge is 0.316 e. The van der Waals surface area contributed by atoms with Gasteiger partial charge in [-0.25, -0.2) is 4.79 Å². The Labute approximate surface area is 197 Å². The first-order chi connectivity index (χ1) is 16.3. The van der Waals surface area contributed by atoms with Crippen molar-refractivity contribution in [1.29, 1.82) is 0 Å². The number of amides is 4. The van der Waals surface area contributed by atoms with Crippen LogP contribution >= 0.6 is 0 Å². The van der Waals surface area contributed by atoms with E-state index >= 15 is 0 Å². The number of urea groups is 1. The first-order valence-corrected chi connectivity index (χ1v) is 10.8. The largest absolute Gasteiger partial charge is 0.361 e. The molecule has 1 aromatic heterocycles. The summed E-state index contributed by atoms with van der Waals surface area (Å²) in [4.78, 5) is 41.1. The number of fused-ring (bicyclic) bond motifs is 1. The van der Waals surface area contributed by atoms with Crippen LogP contribution in [0.5, 0.6) is 0 Å². The second kappa shape index (κ2) is 9.63. The summed E-state index contributed by atoms with van der Waals surface area (Å²) in [6, 6.07) is 13.7. The third-order valence-corrected chi connectivity index (χ3v) is 5.40. The molecule has 0 fully saturated rings. The number of aromatic nitrogens is 1. The Kier molecular flexibility index (Phi) is 6.46. The van der Waals surface area contributed by atoms with Gasteiger partial charge in [-0.15, -0.1) is 0 Å². The highest BCUT2D eigenvalue weighted by molar-refractivity contribution is 6.35. The zero-order valence-electron chi connectivity index (χ0n) is 18.9. The molecule has 1 aliphatic rings. The lowest BCUT2D eigenvalue weighted by Gasteiger charge is -2.10. The molecule has 0 saturated carbocycles. The van der Waals surface area contributed by atoms with Gasteiger partial charge in [-0.05, 0) is 67.7 Å². The molecule has 0 bridgehead atoms. The number of H-pyrrole nitrogens is 1. The standard InChI is InChI=1S/C25H26N6O3/c1-31(2)10-9-27-23(32)16-5-3-15(4-6-16)17-11-19(28-14-17)13-21-20-12-18(29-25(26)34)7-8-22(20)30-24(21)33/h3-8,11-14,28H,9-10H2,1-2H3,(H,27,32)(H,30,33)(H3,26,29,34). The Hall–Kier alpha value is -4.37. The summed E-state index contributed by atoms with van der Waals surface area (Å²) < 4.78 is 0. The fourth-order valence-corrected chi connectivity index (χ4v) is 3.68. The molecule has 9 heteroatoms. The molecule has 1 aliphatic heterocycles. The third-order valence-electron chi connectivity index (χ3n) is 5.40. The Morgan fingerprint density at radius 1 is 1.06 bits per heavy atom. The van der Waals surface area contributed by atoms with Crippen LogP contribution in [-0.4, -0.2) is 54.9 Å². The van der Waals surface area contributed by atoms with Gasteiger partial charge in [-0.2, -0.15) is 0 Å². The maximum Gasteiger partial charge on any atom is 0.316 e. The fraction of sp³-hybridized carbons (Fsp3) is 0.160. The van der Waals surface area contributed by atoms with Gasteiger partial charge in [-0.1, -0.05) is 12.1 Å². The summed E-state index contributed by atoms with van der Waals surface area (Å²) in [5.41, 5.74) is 10.7. The van der Waals surface area contributed by atoms with E-state index in [2.05, 4.69) is 20.9 Å². The molecule has 6 N–H and O–H groups in total. The van der Waals surface area contributed by atoms with Gasteiger partial charge in [0.2, 0.25) is 0 Å². The van der Waals surface area contributed by atoms with E-state index in [1.54, 1.807) is 36.4 Å².